The van der Waals surface area contributed by atoms with E-state index < -0.39 is 0 Å². The molecule has 0 aliphatic carbocycles. The zero-order valence-corrected chi connectivity index (χ0v) is 11.6. The molecule has 0 radical (unpaired) electrons. The summed E-state index contributed by atoms with van der Waals surface area (Å²) in [7, 11) is 0. The van der Waals surface area contributed by atoms with Crippen LogP contribution < -0.4 is 0 Å². The van der Waals surface area contributed by atoms with Crippen molar-refractivity contribution in [3.63, 3.8) is 0 Å². The molecule has 102 valence electrons. The summed E-state index contributed by atoms with van der Waals surface area (Å²) in [6, 6.07) is 12.1. The number of ether oxygens (including phenoxy) is 1. The van der Waals surface area contributed by atoms with Gasteiger partial charge in [-0.05, 0) is 19.4 Å². The Bertz CT molecular complexity index is 638. The average Bonchev–Trinajstić information content (AvgIpc) is 2.75. The predicted molar refractivity (Wildman–Crippen MR) is 77.0 cm³/mol. The lowest BCUT2D eigenvalue weighted by atomic mass is 10.2. The Morgan fingerprint density at radius 3 is 2.80 bits per heavy atom. The molecule has 0 aliphatic rings. The van der Waals surface area contributed by atoms with Crippen LogP contribution >= 0.6 is 0 Å². The molecule has 1 heterocycles. The van der Waals surface area contributed by atoms with Crippen molar-refractivity contribution in [3.8, 4) is 6.07 Å². The van der Waals surface area contributed by atoms with Gasteiger partial charge in [0.25, 0.3) is 0 Å². The molecule has 0 N–H and O–H groups in total. The van der Waals surface area contributed by atoms with E-state index in [1.165, 1.54) is 6.40 Å². The number of benzene rings is 1. The van der Waals surface area contributed by atoms with Gasteiger partial charge in [-0.3, -0.25) is 0 Å². The molecule has 0 unspecified atom stereocenters. The van der Waals surface area contributed by atoms with Gasteiger partial charge in [-0.25, -0.2) is 4.68 Å². The topological polar surface area (TPSA) is 63.2 Å². The molecule has 1 aromatic heterocycles. The van der Waals surface area contributed by atoms with Crippen molar-refractivity contribution >= 4 is 12.2 Å². The fourth-order valence-electron chi connectivity index (χ4n) is 1.86. The van der Waals surface area contributed by atoms with Crippen molar-refractivity contribution in [1.29, 1.82) is 5.26 Å². The van der Waals surface area contributed by atoms with Gasteiger partial charge in [0.15, 0.2) is 12.2 Å². The van der Waals surface area contributed by atoms with Crippen molar-refractivity contribution in [1.82, 2.24) is 9.78 Å². The Labute approximate surface area is 118 Å². The highest BCUT2D eigenvalue weighted by Crippen LogP contribution is 2.22. The fourth-order valence-corrected chi connectivity index (χ4v) is 1.86. The molecular formula is C15H16N4O. The highest BCUT2D eigenvalue weighted by Gasteiger charge is 2.14. The van der Waals surface area contributed by atoms with Gasteiger partial charge >= 0.3 is 0 Å². The number of hydrogen-bond donors (Lipinski definition) is 0. The van der Waals surface area contributed by atoms with Gasteiger partial charge < -0.3 is 4.74 Å². The first kappa shape index (κ1) is 13.8. The maximum Gasteiger partial charge on any atom is 0.176 e. The lowest BCUT2D eigenvalue weighted by Crippen LogP contribution is -2.01. The predicted octanol–water partition coefficient (Wildman–Crippen LogP) is 2.81. The molecule has 20 heavy (non-hydrogen) atoms. The monoisotopic (exact) mass is 268 g/mol. The van der Waals surface area contributed by atoms with E-state index in [0.29, 0.717) is 30.2 Å². The SMILES string of the molecule is CCOC=Nc1c(C#N)c(C)nn1Cc1ccccc1. The van der Waals surface area contributed by atoms with Crippen LogP contribution in [0.4, 0.5) is 5.82 Å². The third-order valence-corrected chi connectivity index (χ3v) is 2.80. The van der Waals surface area contributed by atoms with Gasteiger partial charge in [0.05, 0.1) is 18.8 Å². The lowest BCUT2D eigenvalue weighted by Gasteiger charge is -2.04. The van der Waals surface area contributed by atoms with E-state index in [1.807, 2.05) is 37.3 Å². The van der Waals surface area contributed by atoms with Crippen molar-refractivity contribution in [2.75, 3.05) is 6.61 Å². The van der Waals surface area contributed by atoms with Crippen molar-refractivity contribution in [2.45, 2.75) is 20.4 Å². The smallest absolute Gasteiger partial charge is 0.176 e. The summed E-state index contributed by atoms with van der Waals surface area (Å²) in [6.07, 6.45) is 1.36. The highest BCUT2D eigenvalue weighted by atomic mass is 16.5. The number of aryl methyl sites for hydroxylation is 1. The summed E-state index contributed by atoms with van der Waals surface area (Å²) < 4.78 is 6.83. The molecule has 0 bridgehead atoms. The van der Waals surface area contributed by atoms with Crippen LogP contribution in [0, 0.1) is 18.3 Å². The lowest BCUT2D eigenvalue weighted by molar-refractivity contribution is 0.343. The van der Waals surface area contributed by atoms with E-state index in [-0.39, 0.29) is 0 Å². The normalized spacial score (nSPS) is 10.7. The Kier molecular flexibility index (Phi) is 4.51. The van der Waals surface area contributed by atoms with Crippen LogP contribution in [0.3, 0.4) is 0 Å². The zero-order chi connectivity index (χ0) is 14.4. The molecule has 0 saturated carbocycles. The summed E-state index contributed by atoms with van der Waals surface area (Å²) in [5.74, 6) is 0.530. The molecule has 1 aromatic carbocycles. The van der Waals surface area contributed by atoms with Gasteiger partial charge in [0.1, 0.15) is 11.6 Å². The number of aliphatic imine (C=N–C) groups is 1. The van der Waals surface area contributed by atoms with Gasteiger partial charge in [-0.1, -0.05) is 30.3 Å². The molecule has 0 aliphatic heterocycles. The van der Waals surface area contributed by atoms with Crippen LogP contribution in [-0.4, -0.2) is 22.8 Å². The molecule has 0 saturated heterocycles. The van der Waals surface area contributed by atoms with Crippen molar-refractivity contribution in [2.24, 2.45) is 4.99 Å². The molecule has 5 nitrogen and oxygen atoms in total. The first-order chi connectivity index (χ1) is 9.76. The summed E-state index contributed by atoms with van der Waals surface area (Å²) in [5, 5.41) is 13.6. The Hall–Kier alpha value is -2.61. The first-order valence-electron chi connectivity index (χ1n) is 6.41. The number of aromatic nitrogens is 2. The van der Waals surface area contributed by atoms with Gasteiger partial charge in [0.2, 0.25) is 0 Å². The minimum atomic E-state index is 0.483. The number of nitrogens with zero attached hydrogens (tertiary/aromatic N) is 4. The number of hydrogen-bond acceptors (Lipinski definition) is 4. The van der Waals surface area contributed by atoms with Crippen LogP contribution in [0.5, 0.6) is 0 Å². The molecule has 2 aromatic rings. The van der Waals surface area contributed by atoms with E-state index in [9.17, 15) is 5.26 Å². The molecule has 0 fully saturated rings. The quantitative estimate of drug-likeness (QED) is 0.618. The van der Waals surface area contributed by atoms with Gasteiger partial charge in [0, 0.05) is 0 Å². The number of nitriles is 1. The minimum absolute atomic E-state index is 0.483. The van der Waals surface area contributed by atoms with E-state index >= 15 is 0 Å². The van der Waals surface area contributed by atoms with E-state index in [2.05, 4.69) is 16.2 Å². The maximum atomic E-state index is 9.22. The summed E-state index contributed by atoms with van der Waals surface area (Å²) in [4.78, 5) is 4.21. The second-order valence-electron chi connectivity index (χ2n) is 4.23. The largest absolute Gasteiger partial charge is 0.483 e. The minimum Gasteiger partial charge on any atom is -0.483 e. The van der Waals surface area contributed by atoms with Crippen molar-refractivity contribution in [3.05, 3.63) is 47.2 Å². The molecule has 2 rings (SSSR count). The second kappa shape index (κ2) is 6.53. The van der Waals surface area contributed by atoms with Gasteiger partial charge in [-0.2, -0.15) is 15.4 Å². The van der Waals surface area contributed by atoms with Crippen LogP contribution in [0.25, 0.3) is 0 Å². The fraction of sp³-hybridized carbons (Fsp3) is 0.267. The molecular weight excluding hydrogens is 252 g/mol. The summed E-state index contributed by atoms with van der Waals surface area (Å²) in [6.45, 7) is 4.79. The van der Waals surface area contributed by atoms with Crippen LogP contribution in [0.15, 0.2) is 35.3 Å². The molecule has 0 spiro atoms. The zero-order valence-electron chi connectivity index (χ0n) is 11.6. The highest BCUT2D eigenvalue weighted by molar-refractivity contribution is 5.60. The van der Waals surface area contributed by atoms with Gasteiger partial charge in [-0.15, -0.1) is 0 Å². The second-order valence-corrected chi connectivity index (χ2v) is 4.23. The van der Waals surface area contributed by atoms with Crippen LogP contribution in [0.1, 0.15) is 23.7 Å². The third-order valence-electron chi connectivity index (χ3n) is 2.80. The van der Waals surface area contributed by atoms with E-state index in [1.54, 1.807) is 11.6 Å². The average molecular weight is 268 g/mol. The Morgan fingerprint density at radius 1 is 1.40 bits per heavy atom. The molecule has 0 atom stereocenters. The molecule has 5 heteroatoms. The summed E-state index contributed by atoms with van der Waals surface area (Å²) >= 11 is 0. The van der Waals surface area contributed by atoms with E-state index in [4.69, 9.17) is 4.74 Å². The first-order valence-corrected chi connectivity index (χ1v) is 6.41. The maximum absolute atomic E-state index is 9.22. The van der Waals surface area contributed by atoms with Crippen molar-refractivity contribution < 1.29 is 4.74 Å². The third kappa shape index (κ3) is 3.04. The number of rotatable bonds is 5. The summed E-state index contributed by atoms with van der Waals surface area (Å²) in [5.41, 5.74) is 2.26. The Morgan fingerprint density at radius 2 is 2.15 bits per heavy atom. The Balaban J connectivity index is 2.35. The molecule has 0 amide bonds. The van der Waals surface area contributed by atoms with E-state index in [0.717, 1.165) is 5.56 Å². The van der Waals surface area contributed by atoms with Crippen LogP contribution in [0.2, 0.25) is 0 Å². The standard InChI is InChI=1S/C15H16N4O/c1-3-20-11-17-15-14(9-16)12(2)18-19(15)10-13-7-5-4-6-8-13/h4-8,11H,3,10H2,1-2H3. The van der Waals surface area contributed by atoms with Crippen LogP contribution in [-0.2, 0) is 11.3 Å².